The minimum atomic E-state index is -3.90. The van der Waals surface area contributed by atoms with Crippen molar-refractivity contribution < 1.29 is 31.5 Å². The number of amides is 1. The first-order valence-corrected chi connectivity index (χ1v) is 11.8. The molecule has 1 aliphatic rings. The highest BCUT2D eigenvalue weighted by molar-refractivity contribution is 7.89. The average molecular weight is 490 g/mol. The van der Waals surface area contributed by atoms with Gasteiger partial charge in [-0.1, -0.05) is 6.07 Å². The van der Waals surface area contributed by atoms with Crippen molar-refractivity contribution in [2.75, 3.05) is 26.3 Å². The van der Waals surface area contributed by atoms with Crippen LogP contribution in [0.5, 0.6) is 11.5 Å². The largest absolute Gasteiger partial charge is 0.453 e. The van der Waals surface area contributed by atoms with Crippen molar-refractivity contribution in [3.8, 4) is 11.5 Å². The van der Waals surface area contributed by atoms with Gasteiger partial charge in [-0.05, 0) is 48.0 Å². The first-order chi connectivity index (χ1) is 16.3. The number of nitrogens with zero attached hydrogens (tertiary/aromatic N) is 2. The molecule has 0 unspecified atom stereocenters. The Balaban J connectivity index is 1.45. The monoisotopic (exact) mass is 489 g/mol. The maximum atomic E-state index is 14.4. The Hall–Kier alpha value is -3.41. The van der Waals surface area contributed by atoms with Gasteiger partial charge in [-0.3, -0.25) is 9.78 Å². The van der Waals surface area contributed by atoms with Crippen LogP contribution in [0.25, 0.3) is 0 Å². The van der Waals surface area contributed by atoms with Gasteiger partial charge in [0, 0.05) is 25.8 Å². The number of carbonyl (C=O) groups excluding carboxylic acids is 1. The maximum absolute atomic E-state index is 14.4. The molecule has 0 aliphatic carbocycles. The summed E-state index contributed by atoms with van der Waals surface area (Å²) in [5.74, 6) is -2.00. The maximum Gasteiger partial charge on any atom is 0.254 e. The molecule has 0 spiro atoms. The normalized spacial score (nSPS) is 14.5. The minimum Gasteiger partial charge on any atom is -0.453 e. The van der Waals surface area contributed by atoms with Crippen LogP contribution in [0, 0.1) is 11.6 Å². The highest BCUT2D eigenvalue weighted by Crippen LogP contribution is 2.25. The van der Waals surface area contributed by atoms with Crippen LogP contribution in [-0.2, 0) is 21.3 Å². The second kappa shape index (κ2) is 10.2. The fourth-order valence-electron chi connectivity index (χ4n) is 3.32. The molecule has 0 radical (unpaired) electrons. The zero-order chi connectivity index (χ0) is 24.1. The van der Waals surface area contributed by atoms with Gasteiger partial charge < -0.3 is 14.8 Å². The molecule has 1 saturated heterocycles. The number of sulfonamides is 1. The Morgan fingerprint density at radius 2 is 1.88 bits per heavy atom. The summed E-state index contributed by atoms with van der Waals surface area (Å²) in [6, 6.07) is 10.5. The first kappa shape index (κ1) is 23.7. The van der Waals surface area contributed by atoms with Crippen LogP contribution in [0.3, 0.4) is 0 Å². The van der Waals surface area contributed by atoms with E-state index in [4.69, 9.17) is 9.47 Å². The quantitative estimate of drug-likeness (QED) is 0.548. The second-order valence-electron chi connectivity index (χ2n) is 7.40. The lowest BCUT2D eigenvalue weighted by Crippen LogP contribution is -2.40. The molecule has 2 aromatic carbocycles. The van der Waals surface area contributed by atoms with Crippen molar-refractivity contribution in [1.82, 2.24) is 14.6 Å². The van der Waals surface area contributed by atoms with Crippen LogP contribution in [0.1, 0.15) is 15.9 Å². The predicted molar refractivity (Wildman–Crippen MR) is 118 cm³/mol. The molecule has 2 heterocycles. The zero-order valence-electron chi connectivity index (χ0n) is 17.9. The van der Waals surface area contributed by atoms with Crippen LogP contribution in [0.15, 0.2) is 65.8 Å². The molecule has 0 saturated carbocycles. The van der Waals surface area contributed by atoms with Gasteiger partial charge in [-0.15, -0.1) is 0 Å². The van der Waals surface area contributed by atoms with Gasteiger partial charge in [-0.25, -0.2) is 17.2 Å². The average Bonchev–Trinajstić information content (AvgIpc) is 2.85. The van der Waals surface area contributed by atoms with Crippen molar-refractivity contribution >= 4 is 15.9 Å². The van der Waals surface area contributed by atoms with Crippen molar-refractivity contribution in [3.63, 3.8) is 0 Å². The Morgan fingerprint density at radius 3 is 2.59 bits per heavy atom. The Bertz CT molecular complexity index is 1280. The van der Waals surface area contributed by atoms with Crippen molar-refractivity contribution in [3.05, 3.63) is 83.7 Å². The van der Waals surface area contributed by atoms with E-state index in [2.05, 4.69) is 10.3 Å². The summed E-state index contributed by atoms with van der Waals surface area (Å²) in [6.07, 6.45) is 3.00. The summed E-state index contributed by atoms with van der Waals surface area (Å²) in [4.78, 5) is 16.3. The van der Waals surface area contributed by atoms with Crippen LogP contribution < -0.4 is 10.1 Å². The third-order valence-corrected chi connectivity index (χ3v) is 7.00. The van der Waals surface area contributed by atoms with Crippen LogP contribution >= 0.6 is 0 Å². The van der Waals surface area contributed by atoms with Crippen molar-refractivity contribution in [1.29, 1.82) is 0 Å². The number of pyridine rings is 1. The Morgan fingerprint density at radius 1 is 1.09 bits per heavy atom. The number of benzene rings is 2. The number of hydrogen-bond acceptors (Lipinski definition) is 6. The van der Waals surface area contributed by atoms with Gasteiger partial charge in [0.2, 0.25) is 10.0 Å². The van der Waals surface area contributed by atoms with Gasteiger partial charge in [0.15, 0.2) is 11.6 Å². The molecule has 0 atom stereocenters. The Kier molecular flexibility index (Phi) is 7.15. The molecular weight excluding hydrogens is 468 g/mol. The summed E-state index contributed by atoms with van der Waals surface area (Å²) in [5.41, 5.74) is -0.0202. The van der Waals surface area contributed by atoms with E-state index < -0.39 is 33.1 Å². The lowest BCUT2D eigenvalue weighted by atomic mass is 10.1. The van der Waals surface area contributed by atoms with Crippen molar-refractivity contribution in [2.24, 2.45) is 0 Å². The molecule has 0 bridgehead atoms. The van der Waals surface area contributed by atoms with E-state index in [1.807, 2.05) is 0 Å². The zero-order valence-corrected chi connectivity index (χ0v) is 18.7. The third-order valence-electron chi connectivity index (χ3n) is 5.10. The van der Waals surface area contributed by atoms with Crippen molar-refractivity contribution in [2.45, 2.75) is 11.4 Å². The van der Waals surface area contributed by atoms with E-state index in [-0.39, 0.29) is 43.5 Å². The van der Waals surface area contributed by atoms with Gasteiger partial charge in [-0.2, -0.15) is 4.31 Å². The molecule has 1 fully saturated rings. The van der Waals surface area contributed by atoms with E-state index >= 15 is 0 Å². The van der Waals surface area contributed by atoms with Gasteiger partial charge in [0.1, 0.15) is 11.6 Å². The summed E-state index contributed by atoms with van der Waals surface area (Å²) < 4.78 is 66.2. The fourth-order valence-corrected chi connectivity index (χ4v) is 4.76. The molecule has 178 valence electrons. The smallest absolute Gasteiger partial charge is 0.254 e. The number of hydrogen-bond donors (Lipinski definition) is 1. The lowest BCUT2D eigenvalue weighted by molar-refractivity contribution is 0.0730. The molecule has 1 aromatic heterocycles. The molecule has 4 rings (SSSR count). The number of ether oxygens (including phenoxy) is 2. The fraction of sp³-hybridized carbons (Fsp3) is 0.217. The SMILES string of the molecule is O=C(NCc1ccc(Oc2cccnc2)c(F)c1)c1cc(S(=O)(=O)N2CCOCC2)ccc1F. The van der Waals surface area contributed by atoms with Gasteiger partial charge in [0.25, 0.3) is 5.91 Å². The number of rotatable bonds is 7. The first-order valence-electron chi connectivity index (χ1n) is 10.4. The third kappa shape index (κ3) is 5.38. The summed E-state index contributed by atoms with van der Waals surface area (Å²) >= 11 is 0. The summed E-state index contributed by atoms with van der Waals surface area (Å²) in [6.45, 7) is 0.760. The van der Waals surface area contributed by atoms with Gasteiger partial charge >= 0.3 is 0 Å². The highest BCUT2D eigenvalue weighted by atomic mass is 32.2. The molecule has 1 aliphatic heterocycles. The van der Waals surface area contributed by atoms with Crippen LogP contribution in [0.2, 0.25) is 0 Å². The molecule has 1 N–H and O–H groups in total. The van der Waals surface area contributed by atoms with E-state index in [1.54, 1.807) is 24.4 Å². The second-order valence-corrected chi connectivity index (χ2v) is 9.33. The van der Waals surface area contributed by atoms with E-state index in [0.29, 0.717) is 11.3 Å². The standard InChI is InChI=1S/C23H21F2N3O5S/c24-20-5-4-18(34(30,31)28-8-10-32-11-9-28)13-19(20)23(29)27-14-16-3-6-22(21(25)12-16)33-17-2-1-7-26-15-17/h1-7,12-13,15H,8-11,14H2,(H,27,29). The Labute approximate surface area is 195 Å². The number of nitrogens with one attached hydrogen (secondary N) is 1. The molecule has 1 amide bonds. The lowest BCUT2D eigenvalue weighted by Gasteiger charge is -2.26. The number of morpholine rings is 1. The topological polar surface area (TPSA) is 97.8 Å². The molecular formula is C23H21F2N3O5S. The molecule has 11 heteroatoms. The van der Waals surface area contributed by atoms with Gasteiger partial charge in [0.05, 0.1) is 29.9 Å². The van der Waals surface area contributed by atoms with Crippen LogP contribution in [-0.4, -0.2) is 49.9 Å². The minimum absolute atomic E-state index is 0.0184. The number of halogens is 2. The van der Waals surface area contributed by atoms with E-state index in [9.17, 15) is 22.0 Å². The number of carbonyl (C=O) groups is 1. The molecule has 3 aromatic rings. The number of aromatic nitrogens is 1. The molecule has 34 heavy (non-hydrogen) atoms. The highest BCUT2D eigenvalue weighted by Gasteiger charge is 2.28. The van der Waals surface area contributed by atoms with Crippen LogP contribution in [0.4, 0.5) is 8.78 Å². The summed E-state index contributed by atoms with van der Waals surface area (Å²) in [7, 11) is -3.90. The van der Waals surface area contributed by atoms with E-state index in [0.717, 1.165) is 18.2 Å². The molecule has 8 nitrogen and oxygen atoms in total. The predicted octanol–water partition coefficient (Wildman–Crippen LogP) is 3.10. The van der Waals surface area contributed by atoms with E-state index in [1.165, 1.54) is 22.6 Å². The summed E-state index contributed by atoms with van der Waals surface area (Å²) in [5, 5.41) is 2.49.